The first kappa shape index (κ1) is 21.9. The molecule has 1 fully saturated rings. The van der Waals surface area contributed by atoms with E-state index in [2.05, 4.69) is 26.3 Å². The molecule has 2 aliphatic heterocycles. The van der Waals surface area contributed by atoms with Gasteiger partial charge in [-0.2, -0.15) is 0 Å². The molecule has 174 valence electrons. The molecule has 1 N–H and O–H groups in total. The summed E-state index contributed by atoms with van der Waals surface area (Å²) in [5.41, 5.74) is 3.57. The molecule has 5 rings (SSSR count). The van der Waals surface area contributed by atoms with Crippen LogP contribution in [0.1, 0.15) is 29.7 Å². The Hall–Kier alpha value is -3.92. The molecule has 0 bridgehead atoms. The number of hydrogen-bond acceptors (Lipinski definition) is 6. The van der Waals surface area contributed by atoms with Crippen LogP contribution < -0.4 is 5.32 Å². The van der Waals surface area contributed by atoms with Gasteiger partial charge in [-0.05, 0) is 73.5 Å². The maximum atomic E-state index is 13.3. The van der Waals surface area contributed by atoms with Gasteiger partial charge in [0.1, 0.15) is 5.82 Å². The Morgan fingerprint density at radius 1 is 1.12 bits per heavy atom. The van der Waals surface area contributed by atoms with Crippen molar-refractivity contribution in [2.45, 2.75) is 32.5 Å². The molecule has 0 saturated carbocycles. The van der Waals surface area contributed by atoms with E-state index in [-0.39, 0.29) is 11.5 Å². The normalized spacial score (nSPS) is 15.4. The Morgan fingerprint density at radius 3 is 2.62 bits per heavy atom. The molecule has 4 heterocycles. The number of halogens is 1. The largest absolute Gasteiger partial charge is 0.323 e. The number of nitrogens with one attached hydrogen (secondary N) is 1. The lowest BCUT2D eigenvalue weighted by Crippen LogP contribution is -2.31. The molecular weight excluding hydrogens is 439 g/mol. The second-order valence-corrected chi connectivity index (χ2v) is 8.55. The number of carbonyl (C=O) groups excluding carboxylic acids is 1. The summed E-state index contributed by atoms with van der Waals surface area (Å²) >= 11 is 0. The summed E-state index contributed by atoms with van der Waals surface area (Å²) < 4.78 is 13.3. The molecule has 3 aromatic rings. The fourth-order valence-corrected chi connectivity index (χ4v) is 4.39. The van der Waals surface area contributed by atoms with Crippen molar-refractivity contribution in [3.63, 3.8) is 0 Å². The van der Waals surface area contributed by atoms with Gasteiger partial charge in [-0.1, -0.05) is 0 Å². The molecule has 0 atom stereocenters. The van der Waals surface area contributed by atoms with Crippen LogP contribution in [0.4, 0.5) is 20.7 Å². The zero-order valence-electron chi connectivity index (χ0n) is 18.4. The lowest BCUT2D eigenvalue weighted by molar-refractivity contribution is -0.384. The highest BCUT2D eigenvalue weighted by atomic mass is 19.1. The summed E-state index contributed by atoms with van der Waals surface area (Å²) in [7, 11) is 0. The van der Waals surface area contributed by atoms with E-state index in [1.54, 1.807) is 4.90 Å². The summed E-state index contributed by atoms with van der Waals surface area (Å²) in [4.78, 5) is 36.7. The highest BCUT2D eigenvalue weighted by Crippen LogP contribution is 2.29. The molecule has 0 aliphatic carbocycles. The number of carbonyl (C=O) groups is 1. The van der Waals surface area contributed by atoms with Crippen LogP contribution in [0.15, 0.2) is 48.7 Å². The van der Waals surface area contributed by atoms with E-state index in [4.69, 9.17) is 0 Å². The Morgan fingerprint density at radius 2 is 1.88 bits per heavy atom. The molecule has 0 spiro atoms. The lowest BCUT2D eigenvalue weighted by atomic mass is 10.1. The minimum atomic E-state index is -0.595. The quantitative estimate of drug-likeness (QED) is 0.447. The maximum Gasteiger partial charge on any atom is 0.323 e. The predicted octanol–water partition coefficient (Wildman–Crippen LogP) is 4.33. The van der Waals surface area contributed by atoms with E-state index >= 15 is 0 Å². The molecule has 1 aromatic carbocycles. The van der Waals surface area contributed by atoms with Crippen LogP contribution in [-0.4, -0.2) is 43.8 Å². The Kier molecular flexibility index (Phi) is 5.89. The highest BCUT2D eigenvalue weighted by molar-refractivity contribution is 5.91. The molecule has 2 amide bonds. The summed E-state index contributed by atoms with van der Waals surface area (Å²) in [5.74, 6) is -0.555. The SMILES string of the molecule is O=C(Nc1nc(-c2ccc(F)cc2)ccc1[N+](=O)[O-])N1Cc2cc(CN3CCCC3)cnc2C1. The van der Waals surface area contributed by atoms with Crippen molar-refractivity contribution < 1.29 is 14.1 Å². The second-order valence-electron chi connectivity index (χ2n) is 8.55. The van der Waals surface area contributed by atoms with E-state index in [0.717, 1.165) is 36.5 Å². The summed E-state index contributed by atoms with van der Waals surface area (Å²) in [6.45, 7) is 3.71. The topological polar surface area (TPSA) is 104 Å². The van der Waals surface area contributed by atoms with Crippen molar-refractivity contribution in [2.24, 2.45) is 0 Å². The van der Waals surface area contributed by atoms with Gasteiger partial charge < -0.3 is 4.90 Å². The number of fused-ring (bicyclic) bond motifs is 1. The van der Waals surface area contributed by atoms with Crippen molar-refractivity contribution in [1.29, 1.82) is 0 Å². The number of likely N-dealkylation sites (tertiary alicyclic amines) is 1. The number of anilines is 1. The van der Waals surface area contributed by atoms with E-state index in [0.29, 0.717) is 24.3 Å². The first-order valence-electron chi connectivity index (χ1n) is 11.1. The lowest BCUT2D eigenvalue weighted by Gasteiger charge is -2.16. The van der Waals surface area contributed by atoms with Crippen molar-refractivity contribution in [3.8, 4) is 11.3 Å². The van der Waals surface area contributed by atoms with Gasteiger partial charge in [-0.25, -0.2) is 14.2 Å². The van der Waals surface area contributed by atoms with E-state index in [9.17, 15) is 19.3 Å². The van der Waals surface area contributed by atoms with E-state index < -0.39 is 16.8 Å². The van der Waals surface area contributed by atoms with Gasteiger partial charge in [0, 0.05) is 30.9 Å². The number of hydrogen-bond donors (Lipinski definition) is 1. The molecule has 0 unspecified atom stereocenters. The molecule has 2 aliphatic rings. The molecule has 9 nitrogen and oxygen atoms in total. The third-order valence-corrected chi connectivity index (χ3v) is 6.15. The fourth-order valence-electron chi connectivity index (χ4n) is 4.39. The standard InChI is InChI=1S/C24H23FN6O3/c25-19-5-3-17(4-6-19)20-7-8-22(31(33)34)23(27-20)28-24(32)30-14-18-11-16(12-26-21(18)15-30)13-29-9-1-2-10-29/h3-8,11-12H,1-2,9-10,13-15H2,(H,27,28,32). The number of aromatic nitrogens is 2. The van der Waals surface area contributed by atoms with Crippen molar-refractivity contribution in [3.05, 3.63) is 81.4 Å². The maximum absolute atomic E-state index is 13.3. The van der Waals surface area contributed by atoms with Crippen LogP contribution in [0.5, 0.6) is 0 Å². The zero-order chi connectivity index (χ0) is 23.7. The van der Waals surface area contributed by atoms with Crippen molar-refractivity contribution >= 4 is 17.5 Å². The minimum Gasteiger partial charge on any atom is -0.314 e. The van der Waals surface area contributed by atoms with Gasteiger partial charge in [-0.15, -0.1) is 0 Å². The number of urea groups is 1. The number of amides is 2. The average molecular weight is 462 g/mol. The zero-order valence-corrected chi connectivity index (χ0v) is 18.4. The third kappa shape index (κ3) is 4.58. The molecule has 2 aromatic heterocycles. The van der Waals surface area contributed by atoms with Crippen LogP contribution in [-0.2, 0) is 19.6 Å². The summed E-state index contributed by atoms with van der Waals surface area (Å²) in [6.07, 6.45) is 4.29. The predicted molar refractivity (Wildman–Crippen MR) is 123 cm³/mol. The van der Waals surface area contributed by atoms with Gasteiger partial charge in [0.2, 0.25) is 5.82 Å². The summed E-state index contributed by atoms with van der Waals surface area (Å²) in [6, 6.07) is 9.96. The number of nitrogens with zero attached hydrogens (tertiary/aromatic N) is 5. The van der Waals surface area contributed by atoms with E-state index in [1.165, 1.54) is 49.2 Å². The van der Waals surface area contributed by atoms with Crippen LogP contribution in [0.25, 0.3) is 11.3 Å². The Bertz CT molecular complexity index is 1240. The molecule has 0 radical (unpaired) electrons. The first-order valence-corrected chi connectivity index (χ1v) is 11.1. The number of benzene rings is 1. The van der Waals surface area contributed by atoms with Crippen molar-refractivity contribution in [2.75, 3.05) is 18.4 Å². The molecule has 10 heteroatoms. The van der Waals surface area contributed by atoms with Gasteiger partial charge in [0.05, 0.1) is 22.9 Å². The van der Waals surface area contributed by atoms with Crippen molar-refractivity contribution in [1.82, 2.24) is 19.8 Å². The van der Waals surface area contributed by atoms with Crippen LogP contribution in [0.3, 0.4) is 0 Å². The number of pyridine rings is 2. The fraction of sp³-hybridized carbons (Fsp3) is 0.292. The third-order valence-electron chi connectivity index (χ3n) is 6.15. The second kappa shape index (κ2) is 9.14. The molecular formula is C24H23FN6O3. The number of rotatable bonds is 5. The monoisotopic (exact) mass is 462 g/mol. The Labute approximate surface area is 195 Å². The van der Waals surface area contributed by atoms with Crippen LogP contribution >= 0.6 is 0 Å². The van der Waals surface area contributed by atoms with Gasteiger partial charge in [0.15, 0.2) is 0 Å². The van der Waals surface area contributed by atoms with Gasteiger partial charge in [0.25, 0.3) is 0 Å². The number of nitro groups is 1. The average Bonchev–Trinajstić information content (AvgIpc) is 3.49. The molecule has 34 heavy (non-hydrogen) atoms. The van der Waals surface area contributed by atoms with E-state index in [1.807, 2.05) is 6.20 Å². The Balaban J connectivity index is 1.32. The first-order chi connectivity index (χ1) is 16.5. The minimum absolute atomic E-state index is 0.157. The van der Waals surface area contributed by atoms with Gasteiger partial charge >= 0.3 is 11.7 Å². The summed E-state index contributed by atoms with van der Waals surface area (Å²) in [5, 5.41) is 14.1. The van der Waals surface area contributed by atoms with Crippen LogP contribution in [0.2, 0.25) is 0 Å². The smallest absolute Gasteiger partial charge is 0.314 e. The molecule has 1 saturated heterocycles. The van der Waals surface area contributed by atoms with Gasteiger partial charge in [-0.3, -0.25) is 25.3 Å². The highest BCUT2D eigenvalue weighted by Gasteiger charge is 2.27. The van der Waals surface area contributed by atoms with Crippen LogP contribution in [0, 0.1) is 15.9 Å².